The number of carbonyl (C=O) groups is 1. The Kier molecular flexibility index (Phi) is 7.90. The Balaban J connectivity index is 2.03. The first kappa shape index (κ1) is 21.9. The summed E-state index contributed by atoms with van der Waals surface area (Å²) in [5, 5.41) is 9.22. The Morgan fingerprint density at radius 1 is 1.07 bits per heavy atom. The van der Waals surface area contributed by atoms with Crippen molar-refractivity contribution in [2.75, 3.05) is 13.7 Å². The monoisotopic (exact) mass is 425 g/mol. The molecule has 0 aliphatic carbocycles. The van der Waals surface area contributed by atoms with Crippen molar-refractivity contribution in [3.05, 3.63) is 66.0 Å². The molecule has 0 unspecified atom stereocenters. The number of methoxy groups -OCH3 is 1. The van der Waals surface area contributed by atoms with E-state index in [9.17, 15) is 4.79 Å². The summed E-state index contributed by atoms with van der Waals surface area (Å²) in [6.07, 6.45) is 2.19. The van der Waals surface area contributed by atoms with E-state index in [2.05, 4.69) is 29.3 Å². The standard InChI is InChI=1S/C23H27N3O3S/c1-4-11-20(22(27)29-5-2)30-23-25-24-21(16-17-12-7-6-8-13-17)26(23)18-14-9-10-15-19(18)28-3/h6-10,12-15,20H,4-5,11,16H2,1-3H3/t20-/m0/s1. The summed E-state index contributed by atoms with van der Waals surface area (Å²) in [6, 6.07) is 17.9. The number of carbonyl (C=O) groups excluding carboxylic acids is 1. The van der Waals surface area contributed by atoms with Crippen LogP contribution in [0.3, 0.4) is 0 Å². The fraction of sp³-hybridized carbons (Fsp3) is 0.348. The lowest BCUT2D eigenvalue weighted by Crippen LogP contribution is -2.21. The van der Waals surface area contributed by atoms with E-state index >= 15 is 0 Å². The molecule has 3 rings (SSSR count). The van der Waals surface area contributed by atoms with E-state index in [1.807, 2.05) is 54.0 Å². The van der Waals surface area contributed by atoms with Gasteiger partial charge in [0.2, 0.25) is 0 Å². The third-order valence-electron chi connectivity index (χ3n) is 4.58. The molecule has 0 N–H and O–H groups in total. The number of hydrogen-bond acceptors (Lipinski definition) is 6. The van der Waals surface area contributed by atoms with E-state index in [0.717, 1.165) is 29.2 Å². The van der Waals surface area contributed by atoms with E-state index in [-0.39, 0.29) is 11.2 Å². The van der Waals surface area contributed by atoms with Crippen molar-refractivity contribution in [1.29, 1.82) is 0 Å². The largest absolute Gasteiger partial charge is 0.495 e. The maximum Gasteiger partial charge on any atom is 0.319 e. The van der Waals surface area contributed by atoms with Gasteiger partial charge < -0.3 is 9.47 Å². The number of rotatable bonds is 10. The van der Waals surface area contributed by atoms with Crippen molar-refractivity contribution < 1.29 is 14.3 Å². The summed E-state index contributed by atoms with van der Waals surface area (Å²) >= 11 is 1.39. The highest BCUT2D eigenvalue weighted by Crippen LogP contribution is 2.32. The summed E-state index contributed by atoms with van der Waals surface area (Å²) in [5.41, 5.74) is 1.98. The number of para-hydroxylation sites is 2. The third-order valence-corrected chi connectivity index (χ3v) is 5.77. The van der Waals surface area contributed by atoms with E-state index in [0.29, 0.717) is 24.6 Å². The Morgan fingerprint density at radius 2 is 1.80 bits per heavy atom. The number of benzene rings is 2. The molecule has 158 valence electrons. The van der Waals surface area contributed by atoms with E-state index < -0.39 is 0 Å². The minimum Gasteiger partial charge on any atom is -0.495 e. The van der Waals surface area contributed by atoms with Gasteiger partial charge in [-0.25, -0.2) is 0 Å². The number of ether oxygens (including phenoxy) is 2. The second-order valence-corrected chi connectivity index (χ2v) is 7.89. The molecule has 0 radical (unpaired) electrons. The highest BCUT2D eigenvalue weighted by molar-refractivity contribution is 8.00. The van der Waals surface area contributed by atoms with E-state index in [1.54, 1.807) is 7.11 Å². The zero-order chi connectivity index (χ0) is 21.3. The number of aromatic nitrogens is 3. The summed E-state index contributed by atoms with van der Waals surface area (Å²) in [5.74, 6) is 1.28. The molecule has 3 aromatic rings. The zero-order valence-electron chi connectivity index (χ0n) is 17.6. The zero-order valence-corrected chi connectivity index (χ0v) is 18.4. The summed E-state index contributed by atoms with van der Waals surface area (Å²) in [4.78, 5) is 12.5. The van der Waals surface area contributed by atoms with E-state index in [1.165, 1.54) is 11.8 Å². The molecule has 0 spiro atoms. The summed E-state index contributed by atoms with van der Waals surface area (Å²) in [7, 11) is 1.64. The van der Waals surface area contributed by atoms with Crippen molar-refractivity contribution in [1.82, 2.24) is 14.8 Å². The van der Waals surface area contributed by atoms with Crippen molar-refractivity contribution in [3.8, 4) is 11.4 Å². The van der Waals surface area contributed by atoms with Crippen LogP contribution >= 0.6 is 11.8 Å². The maximum absolute atomic E-state index is 12.5. The Hall–Kier alpha value is -2.80. The fourth-order valence-corrected chi connectivity index (χ4v) is 4.34. The average Bonchev–Trinajstić information content (AvgIpc) is 3.16. The number of nitrogens with zero attached hydrogens (tertiary/aromatic N) is 3. The van der Waals surface area contributed by atoms with Crippen LogP contribution in [0.1, 0.15) is 38.1 Å². The summed E-state index contributed by atoms with van der Waals surface area (Å²) < 4.78 is 12.9. The van der Waals surface area contributed by atoms with Crippen molar-refractivity contribution in [2.45, 2.75) is 43.5 Å². The molecule has 1 atom stereocenters. The molecule has 0 saturated heterocycles. The predicted octanol–water partition coefficient (Wildman–Crippen LogP) is 4.69. The first-order valence-electron chi connectivity index (χ1n) is 10.1. The van der Waals surface area contributed by atoms with Gasteiger partial charge in [0.15, 0.2) is 5.16 Å². The van der Waals surface area contributed by atoms with Gasteiger partial charge in [-0.3, -0.25) is 9.36 Å². The maximum atomic E-state index is 12.5. The Bertz CT molecular complexity index is 959. The van der Waals surface area contributed by atoms with Gasteiger partial charge in [-0.1, -0.05) is 67.6 Å². The fourth-order valence-electron chi connectivity index (χ4n) is 3.18. The molecular formula is C23H27N3O3S. The van der Waals surface area contributed by atoms with Crippen molar-refractivity contribution >= 4 is 17.7 Å². The molecule has 1 heterocycles. The number of hydrogen-bond donors (Lipinski definition) is 0. The SMILES string of the molecule is CCC[C@H](Sc1nnc(Cc2ccccc2)n1-c1ccccc1OC)C(=O)OCC. The second kappa shape index (κ2) is 10.8. The molecule has 0 bridgehead atoms. The molecule has 2 aromatic carbocycles. The minimum absolute atomic E-state index is 0.219. The minimum atomic E-state index is -0.336. The predicted molar refractivity (Wildman–Crippen MR) is 118 cm³/mol. The van der Waals surface area contributed by atoms with Gasteiger partial charge in [0.05, 0.1) is 19.4 Å². The van der Waals surface area contributed by atoms with Gasteiger partial charge in [0.25, 0.3) is 0 Å². The smallest absolute Gasteiger partial charge is 0.319 e. The highest BCUT2D eigenvalue weighted by atomic mass is 32.2. The molecule has 1 aromatic heterocycles. The second-order valence-electron chi connectivity index (χ2n) is 6.72. The molecule has 6 nitrogen and oxygen atoms in total. The Morgan fingerprint density at radius 3 is 2.50 bits per heavy atom. The normalized spacial score (nSPS) is 11.8. The van der Waals surface area contributed by atoms with Crippen LogP contribution in [0, 0.1) is 0 Å². The first-order chi connectivity index (χ1) is 14.7. The average molecular weight is 426 g/mol. The first-order valence-corrected chi connectivity index (χ1v) is 11.0. The summed E-state index contributed by atoms with van der Waals surface area (Å²) in [6.45, 7) is 4.23. The molecular weight excluding hydrogens is 398 g/mol. The van der Waals surface area contributed by atoms with Gasteiger partial charge in [-0.05, 0) is 31.0 Å². The van der Waals surface area contributed by atoms with Crippen LogP contribution in [0.2, 0.25) is 0 Å². The van der Waals surface area contributed by atoms with Crippen LogP contribution in [-0.4, -0.2) is 39.7 Å². The van der Waals surface area contributed by atoms with Gasteiger partial charge in [0.1, 0.15) is 16.8 Å². The van der Waals surface area contributed by atoms with Crippen LogP contribution < -0.4 is 4.74 Å². The molecule has 0 aliphatic rings. The van der Waals surface area contributed by atoms with Crippen LogP contribution in [0.25, 0.3) is 5.69 Å². The lowest BCUT2D eigenvalue weighted by Gasteiger charge is -2.17. The molecule has 0 fully saturated rings. The van der Waals surface area contributed by atoms with Gasteiger partial charge in [-0.15, -0.1) is 10.2 Å². The number of thioether (sulfide) groups is 1. The van der Waals surface area contributed by atoms with Crippen molar-refractivity contribution in [2.24, 2.45) is 0 Å². The van der Waals surface area contributed by atoms with Crippen LogP contribution in [-0.2, 0) is 16.0 Å². The lowest BCUT2D eigenvalue weighted by molar-refractivity contribution is -0.142. The number of esters is 1. The van der Waals surface area contributed by atoms with Crippen LogP contribution in [0.4, 0.5) is 0 Å². The molecule has 0 saturated carbocycles. The lowest BCUT2D eigenvalue weighted by atomic mass is 10.1. The highest BCUT2D eigenvalue weighted by Gasteiger charge is 2.26. The van der Waals surface area contributed by atoms with Crippen molar-refractivity contribution in [3.63, 3.8) is 0 Å². The van der Waals surface area contributed by atoms with Crippen LogP contribution in [0.15, 0.2) is 59.8 Å². The quantitative estimate of drug-likeness (QED) is 0.347. The van der Waals surface area contributed by atoms with Gasteiger partial charge in [0, 0.05) is 6.42 Å². The third kappa shape index (κ3) is 5.21. The van der Waals surface area contributed by atoms with Gasteiger partial charge >= 0.3 is 5.97 Å². The Labute approximate surface area is 181 Å². The van der Waals surface area contributed by atoms with Gasteiger partial charge in [-0.2, -0.15) is 0 Å². The van der Waals surface area contributed by atoms with Crippen LogP contribution in [0.5, 0.6) is 5.75 Å². The van der Waals surface area contributed by atoms with E-state index in [4.69, 9.17) is 9.47 Å². The molecule has 30 heavy (non-hydrogen) atoms. The topological polar surface area (TPSA) is 66.2 Å². The molecule has 0 aliphatic heterocycles. The molecule has 0 amide bonds. The molecule has 7 heteroatoms.